The van der Waals surface area contributed by atoms with Crippen LogP contribution in [-0.2, 0) is 6.42 Å². The fourth-order valence-electron chi connectivity index (χ4n) is 1.63. The van der Waals surface area contributed by atoms with Crippen molar-refractivity contribution in [3.63, 3.8) is 0 Å². The molecule has 13 heavy (non-hydrogen) atoms. The van der Waals surface area contributed by atoms with Crippen LogP contribution in [-0.4, -0.2) is 14.7 Å². The predicted octanol–water partition coefficient (Wildman–Crippen LogP) is 2.17. The van der Waals surface area contributed by atoms with Gasteiger partial charge in [-0.15, -0.1) is 0 Å². The Morgan fingerprint density at radius 3 is 2.69 bits per heavy atom. The zero-order valence-electron chi connectivity index (χ0n) is 8.55. The molecule has 2 heteroatoms. The minimum Gasteiger partial charge on any atom is -0.493 e. The Bertz CT molecular complexity index is 325. The molecule has 0 spiro atoms. The van der Waals surface area contributed by atoms with Gasteiger partial charge < -0.3 is 4.74 Å². The van der Waals surface area contributed by atoms with E-state index in [1.807, 2.05) is 0 Å². The molecule has 1 heterocycles. The summed E-state index contributed by atoms with van der Waals surface area (Å²) >= 11 is 0. The predicted molar refractivity (Wildman–Crippen MR) is 58.6 cm³/mol. The van der Waals surface area contributed by atoms with E-state index in [1.165, 1.54) is 10.8 Å². The summed E-state index contributed by atoms with van der Waals surface area (Å²) in [5, 5.41) is 1.49. The zero-order chi connectivity index (χ0) is 9.47. The Kier molecular flexibility index (Phi) is 1.95. The van der Waals surface area contributed by atoms with E-state index >= 15 is 0 Å². The van der Waals surface area contributed by atoms with E-state index < -0.39 is 8.07 Å². The summed E-state index contributed by atoms with van der Waals surface area (Å²) in [6.07, 6.45) is 1.08. The van der Waals surface area contributed by atoms with Gasteiger partial charge >= 0.3 is 0 Å². The van der Waals surface area contributed by atoms with Crippen molar-refractivity contribution in [1.29, 1.82) is 0 Å². The minimum absolute atomic E-state index is 0.866. The van der Waals surface area contributed by atoms with Gasteiger partial charge in [0, 0.05) is 6.42 Å². The Balaban J connectivity index is 2.42. The number of ether oxygens (including phenoxy) is 1. The molecule has 0 fully saturated rings. The summed E-state index contributed by atoms with van der Waals surface area (Å²) in [7, 11) is -1.16. The first-order valence-electron chi connectivity index (χ1n) is 4.83. The van der Waals surface area contributed by atoms with Gasteiger partial charge in [0.1, 0.15) is 5.75 Å². The van der Waals surface area contributed by atoms with Crippen LogP contribution in [0, 0.1) is 0 Å². The molecule has 0 amide bonds. The Morgan fingerprint density at radius 2 is 2.00 bits per heavy atom. The van der Waals surface area contributed by atoms with Gasteiger partial charge in [-0.1, -0.05) is 37.0 Å². The first kappa shape index (κ1) is 8.82. The normalized spacial score (nSPS) is 15.3. The van der Waals surface area contributed by atoms with Crippen LogP contribution in [0.5, 0.6) is 5.75 Å². The Morgan fingerprint density at radius 1 is 1.23 bits per heavy atom. The molecule has 0 aromatic heterocycles. The van der Waals surface area contributed by atoms with Crippen molar-refractivity contribution in [2.45, 2.75) is 26.1 Å². The molecule has 0 saturated carbocycles. The van der Waals surface area contributed by atoms with Gasteiger partial charge in [-0.25, -0.2) is 0 Å². The summed E-state index contributed by atoms with van der Waals surface area (Å²) in [5.74, 6) is 1.12. The van der Waals surface area contributed by atoms with Crippen molar-refractivity contribution >= 4 is 13.3 Å². The van der Waals surface area contributed by atoms with E-state index in [0.717, 1.165) is 18.8 Å². The lowest BCUT2D eigenvalue weighted by Gasteiger charge is -2.17. The topological polar surface area (TPSA) is 9.23 Å². The van der Waals surface area contributed by atoms with Crippen molar-refractivity contribution in [1.82, 2.24) is 0 Å². The summed E-state index contributed by atoms with van der Waals surface area (Å²) in [6, 6.07) is 6.75. The molecule has 1 aliphatic rings. The third kappa shape index (κ3) is 1.63. The van der Waals surface area contributed by atoms with Crippen molar-refractivity contribution in [2.75, 3.05) is 6.61 Å². The number of rotatable bonds is 1. The van der Waals surface area contributed by atoms with E-state index in [-0.39, 0.29) is 0 Å². The van der Waals surface area contributed by atoms with Gasteiger partial charge in [0.25, 0.3) is 0 Å². The second-order valence-corrected chi connectivity index (χ2v) is 9.75. The lowest BCUT2D eigenvalue weighted by atomic mass is 10.2. The number of hydrogen-bond acceptors (Lipinski definition) is 1. The fraction of sp³-hybridized carbons (Fsp3) is 0.455. The van der Waals surface area contributed by atoms with Crippen LogP contribution in [0.15, 0.2) is 18.2 Å². The third-order valence-corrected chi connectivity index (χ3v) is 4.61. The minimum atomic E-state index is -1.16. The highest BCUT2D eigenvalue weighted by molar-refractivity contribution is 6.88. The van der Waals surface area contributed by atoms with Gasteiger partial charge in [-0.3, -0.25) is 0 Å². The van der Waals surface area contributed by atoms with Crippen LogP contribution < -0.4 is 9.92 Å². The van der Waals surface area contributed by atoms with Crippen molar-refractivity contribution in [3.8, 4) is 5.75 Å². The maximum atomic E-state index is 5.56. The van der Waals surface area contributed by atoms with Gasteiger partial charge in [-0.2, -0.15) is 0 Å². The van der Waals surface area contributed by atoms with Crippen LogP contribution in [0.25, 0.3) is 0 Å². The first-order valence-corrected chi connectivity index (χ1v) is 8.33. The van der Waals surface area contributed by atoms with E-state index in [4.69, 9.17) is 4.74 Å². The molecule has 1 nitrogen and oxygen atoms in total. The SMILES string of the molecule is C[Si](C)(C)c1ccc2c(c1)OCC2. The monoisotopic (exact) mass is 192 g/mol. The molecule has 0 atom stereocenters. The third-order valence-electron chi connectivity index (χ3n) is 2.56. The molecule has 1 aromatic carbocycles. The second kappa shape index (κ2) is 2.88. The largest absolute Gasteiger partial charge is 0.493 e. The molecule has 0 aliphatic carbocycles. The van der Waals surface area contributed by atoms with Gasteiger partial charge in [0.05, 0.1) is 14.7 Å². The van der Waals surface area contributed by atoms with Crippen LogP contribution in [0.2, 0.25) is 19.6 Å². The smallest absolute Gasteiger partial charge is 0.122 e. The summed E-state index contributed by atoms with van der Waals surface area (Å²) in [6.45, 7) is 7.96. The Hall–Kier alpha value is -0.763. The van der Waals surface area contributed by atoms with E-state index in [2.05, 4.69) is 37.8 Å². The molecule has 70 valence electrons. The summed E-state index contributed by atoms with van der Waals surface area (Å²) < 4.78 is 5.56. The quantitative estimate of drug-likeness (QED) is 0.620. The van der Waals surface area contributed by atoms with Crippen LogP contribution in [0.1, 0.15) is 5.56 Å². The highest BCUT2D eigenvalue weighted by Crippen LogP contribution is 2.24. The molecule has 0 bridgehead atoms. The average molecular weight is 192 g/mol. The lowest BCUT2D eigenvalue weighted by molar-refractivity contribution is 0.357. The highest BCUT2D eigenvalue weighted by Gasteiger charge is 2.19. The number of hydrogen-bond donors (Lipinski definition) is 0. The van der Waals surface area contributed by atoms with Gasteiger partial charge in [0.15, 0.2) is 0 Å². The molecule has 0 N–H and O–H groups in total. The molecule has 0 radical (unpaired) electrons. The average Bonchev–Trinajstić information content (AvgIpc) is 2.47. The molecule has 1 aliphatic heterocycles. The van der Waals surface area contributed by atoms with Crippen molar-refractivity contribution < 1.29 is 4.74 Å². The summed E-state index contributed by atoms with van der Waals surface area (Å²) in [5.41, 5.74) is 1.38. The highest BCUT2D eigenvalue weighted by atomic mass is 28.3. The molecule has 0 unspecified atom stereocenters. The van der Waals surface area contributed by atoms with E-state index in [0.29, 0.717) is 0 Å². The number of fused-ring (bicyclic) bond motifs is 1. The Labute approximate surface area is 80.7 Å². The van der Waals surface area contributed by atoms with E-state index in [1.54, 1.807) is 0 Å². The molecular formula is C11H16OSi. The lowest BCUT2D eigenvalue weighted by Crippen LogP contribution is -2.37. The molecule has 0 saturated heterocycles. The molecule has 1 aromatic rings. The maximum Gasteiger partial charge on any atom is 0.122 e. The van der Waals surface area contributed by atoms with Crippen molar-refractivity contribution in [3.05, 3.63) is 23.8 Å². The van der Waals surface area contributed by atoms with Gasteiger partial charge in [0.2, 0.25) is 0 Å². The first-order chi connectivity index (χ1) is 6.07. The fourth-order valence-corrected chi connectivity index (χ4v) is 2.78. The van der Waals surface area contributed by atoms with Crippen LogP contribution in [0.4, 0.5) is 0 Å². The second-order valence-electron chi connectivity index (χ2n) is 4.67. The van der Waals surface area contributed by atoms with Crippen LogP contribution in [0.3, 0.4) is 0 Å². The van der Waals surface area contributed by atoms with Gasteiger partial charge in [-0.05, 0) is 11.6 Å². The molecule has 2 rings (SSSR count). The van der Waals surface area contributed by atoms with Crippen molar-refractivity contribution in [2.24, 2.45) is 0 Å². The molecular weight excluding hydrogens is 176 g/mol. The van der Waals surface area contributed by atoms with E-state index in [9.17, 15) is 0 Å². The van der Waals surface area contributed by atoms with Crippen LogP contribution >= 0.6 is 0 Å². The number of benzene rings is 1. The maximum absolute atomic E-state index is 5.56. The summed E-state index contributed by atoms with van der Waals surface area (Å²) in [4.78, 5) is 0. The zero-order valence-corrected chi connectivity index (χ0v) is 9.55. The standard InChI is InChI=1S/C11H16OSi/c1-13(2,3)10-5-4-9-6-7-12-11(9)8-10/h4-5,8H,6-7H2,1-3H3.